The summed E-state index contributed by atoms with van der Waals surface area (Å²) >= 11 is 6.01. The zero-order chi connectivity index (χ0) is 30.0. The molecule has 2 amide bonds. The molecule has 0 aliphatic heterocycles. The van der Waals surface area contributed by atoms with Gasteiger partial charge in [-0.15, -0.1) is 0 Å². The van der Waals surface area contributed by atoms with E-state index >= 15 is 0 Å². The van der Waals surface area contributed by atoms with Gasteiger partial charge in [-0.25, -0.2) is 8.42 Å². The number of carbonyl (C=O) groups is 2. The van der Waals surface area contributed by atoms with Crippen molar-refractivity contribution in [2.75, 3.05) is 12.8 Å². The summed E-state index contributed by atoms with van der Waals surface area (Å²) in [6, 6.07) is 34.2. The van der Waals surface area contributed by atoms with Crippen molar-refractivity contribution in [1.29, 1.82) is 0 Å². The smallest absolute Gasteiger partial charge is 0.243 e. The lowest BCUT2D eigenvalue weighted by Crippen LogP contribution is -2.53. The summed E-state index contributed by atoms with van der Waals surface area (Å²) in [5.74, 6) is -0.810. The number of carbonyl (C=O) groups excluding carboxylic acids is 2. The standard InChI is InChI=1S/C33H34ClN3O4S/c1-42(40,41)36(23-28-13-7-3-8-14-28)25-32(38)37(24-29-15-9-4-10-16-29)31(21-26-11-5-2-6-12-26)33(39)35-22-27-17-19-30(34)20-18-27/h2-20,31H,21-25H2,1H3,(H,35,39)/t31-/m0/s1. The first-order valence-electron chi connectivity index (χ1n) is 13.6. The number of amides is 2. The van der Waals surface area contributed by atoms with Crippen LogP contribution in [0.1, 0.15) is 22.3 Å². The minimum Gasteiger partial charge on any atom is -0.350 e. The van der Waals surface area contributed by atoms with Gasteiger partial charge in [-0.2, -0.15) is 4.31 Å². The molecule has 218 valence electrons. The molecule has 0 aliphatic rings. The molecule has 7 nitrogen and oxygen atoms in total. The van der Waals surface area contributed by atoms with Gasteiger partial charge in [-0.1, -0.05) is 115 Å². The van der Waals surface area contributed by atoms with Crippen LogP contribution in [0.15, 0.2) is 115 Å². The van der Waals surface area contributed by atoms with Crippen LogP contribution in [0, 0.1) is 0 Å². The van der Waals surface area contributed by atoms with Crippen LogP contribution >= 0.6 is 11.6 Å². The predicted octanol–water partition coefficient (Wildman–Crippen LogP) is 5.06. The van der Waals surface area contributed by atoms with Crippen molar-refractivity contribution >= 4 is 33.4 Å². The Bertz CT molecular complexity index is 1550. The third-order valence-electron chi connectivity index (χ3n) is 6.83. The summed E-state index contributed by atoms with van der Waals surface area (Å²) in [6.45, 7) is 0.0135. The van der Waals surface area contributed by atoms with Crippen LogP contribution in [0.25, 0.3) is 0 Å². The molecule has 42 heavy (non-hydrogen) atoms. The van der Waals surface area contributed by atoms with E-state index in [1.54, 1.807) is 12.1 Å². The second-order valence-corrected chi connectivity index (χ2v) is 12.5. The third-order valence-corrected chi connectivity index (χ3v) is 8.28. The lowest BCUT2D eigenvalue weighted by Gasteiger charge is -2.33. The Morgan fingerprint density at radius 2 is 1.21 bits per heavy atom. The Morgan fingerprint density at radius 1 is 0.714 bits per heavy atom. The van der Waals surface area contributed by atoms with Gasteiger partial charge in [0, 0.05) is 31.1 Å². The fraction of sp³-hybridized carbons (Fsp3) is 0.212. The molecule has 0 heterocycles. The Morgan fingerprint density at radius 3 is 1.74 bits per heavy atom. The molecule has 0 saturated carbocycles. The minimum absolute atomic E-state index is 0.0384. The number of hydrogen-bond acceptors (Lipinski definition) is 4. The van der Waals surface area contributed by atoms with Crippen molar-refractivity contribution in [2.45, 2.75) is 32.1 Å². The molecule has 0 spiro atoms. The van der Waals surface area contributed by atoms with Crippen LogP contribution in [0.3, 0.4) is 0 Å². The second kappa shape index (κ2) is 14.8. The number of rotatable bonds is 13. The number of nitrogens with one attached hydrogen (secondary N) is 1. The zero-order valence-electron chi connectivity index (χ0n) is 23.4. The molecule has 0 radical (unpaired) electrons. The molecule has 0 unspecified atom stereocenters. The quantitative estimate of drug-likeness (QED) is 0.231. The average molecular weight is 604 g/mol. The molecule has 0 fully saturated rings. The highest BCUT2D eigenvalue weighted by Crippen LogP contribution is 2.18. The lowest BCUT2D eigenvalue weighted by atomic mass is 10.0. The maximum absolute atomic E-state index is 14.1. The second-order valence-electron chi connectivity index (χ2n) is 10.1. The van der Waals surface area contributed by atoms with Crippen molar-refractivity contribution in [3.63, 3.8) is 0 Å². The summed E-state index contributed by atoms with van der Waals surface area (Å²) < 4.78 is 26.7. The van der Waals surface area contributed by atoms with E-state index in [1.165, 1.54) is 4.90 Å². The first-order valence-corrected chi connectivity index (χ1v) is 15.8. The Balaban J connectivity index is 1.66. The molecular weight excluding hydrogens is 570 g/mol. The van der Waals surface area contributed by atoms with Gasteiger partial charge < -0.3 is 10.2 Å². The van der Waals surface area contributed by atoms with Crippen molar-refractivity contribution in [3.05, 3.63) is 143 Å². The average Bonchev–Trinajstić information content (AvgIpc) is 2.99. The highest BCUT2D eigenvalue weighted by Gasteiger charge is 2.32. The van der Waals surface area contributed by atoms with E-state index in [0.717, 1.165) is 32.8 Å². The monoisotopic (exact) mass is 603 g/mol. The summed E-state index contributed by atoms with van der Waals surface area (Å²) in [6.07, 6.45) is 1.34. The van der Waals surface area contributed by atoms with E-state index in [1.807, 2.05) is 103 Å². The van der Waals surface area contributed by atoms with Gasteiger partial charge in [-0.3, -0.25) is 9.59 Å². The van der Waals surface area contributed by atoms with Gasteiger partial charge in [0.25, 0.3) is 0 Å². The predicted molar refractivity (Wildman–Crippen MR) is 166 cm³/mol. The summed E-state index contributed by atoms with van der Waals surface area (Å²) in [7, 11) is -3.74. The Labute approximate surface area is 252 Å². The number of hydrogen-bond donors (Lipinski definition) is 1. The molecule has 1 N–H and O–H groups in total. The first-order chi connectivity index (χ1) is 20.2. The van der Waals surface area contributed by atoms with E-state index in [0.29, 0.717) is 5.02 Å². The summed E-state index contributed by atoms with van der Waals surface area (Å²) in [5, 5.41) is 3.57. The van der Waals surface area contributed by atoms with E-state index in [4.69, 9.17) is 11.6 Å². The van der Waals surface area contributed by atoms with E-state index in [9.17, 15) is 18.0 Å². The van der Waals surface area contributed by atoms with E-state index in [2.05, 4.69) is 5.32 Å². The molecule has 0 aromatic heterocycles. The number of nitrogens with zero attached hydrogens (tertiary/aromatic N) is 2. The third kappa shape index (κ3) is 9.27. The van der Waals surface area contributed by atoms with Gasteiger partial charge in [-0.05, 0) is 34.4 Å². The van der Waals surface area contributed by atoms with Crippen LogP contribution in [-0.2, 0) is 45.7 Å². The lowest BCUT2D eigenvalue weighted by molar-refractivity contribution is -0.141. The van der Waals surface area contributed by atoms with Gasteiger partial charge in [0.2, 0.25) is 21.8 Å². The van der Waals surface area contributed by atoms with Crippen LogP contribution in [0.2, 0.25) is 5.02 Å². The zero-order valence-corrected chi connectivity index (χ0v) is 25.0. The molecule has 0 bridgehead atoms. The molecule has 4 aromatic carbocycles. The van der Waals surface area contributed by atoms with Crippen molar-refractivity contribution in [1.82, 2.24) is 14.5 Å². The molecular formula is C33H34ClN3O4S. The van der Waals surface area contributed by atoms with Crippen LogP contribution < -0.4 is 5.32 Å². The fourth-order valence-corrected chi connectivity index (χ4v) is 5.42. The molecule has 4 rings (SSSR count). The van der Waals surface area contributed by atoms with Crippen molar-refractivity contribution in [3.8, 4) is 0 Å². The van der Waals surface area contributed by atoms with Gasteiger partial charge in [0.05, 0.1) is 12.8 Å². The van der Waals surface area contributed by atoms with Crippen LogP contribution in [-0.4, -0.2) is 48.3 Å². The van der Waals surface area contributed by atoms with Gasteiger partial charge in [0.1, 0.15) is 6.04 Å². The van der Waals surface area contributed by atoms with Crippen molar-refractivity contribution < 1.29 is 18.0 Å². The number of benzene rings is 4. The molecule has 0 aliphatic carbocycles. The van der Waals surface area contributed by atoms with Crippen LogP contribution in [0.5, 0.6) is 0 Å². The normalized spacial score (nSPS) is 12.1. The fourth-order valence-electron chi connectivity index (χ4n) is 4.56. The highest BCUT2D eigenvalue weighted by molar-refractivity contribution is 7.88. The van der Waals surface area contributed by atoms with Gasteiger partial charge >= 0.3 is 0 Å². The minimum atomic E-state index is -3.74. The Kier molecular flexibility index (Phi) is 10.9. The SMILES string of the molecule is CS(=O)(=O)N(CC(=O)N(Cc1ccccc1)[C@@H](Cc1ccccc1)C(=O)NCc1ccc(Cl)cc1)Cc1ccccc1. The molecule has 4 aromatic rings. The first kappa shape index (κ1) is 31.0. The summed E-state index contributed by atoms with van der Waals surface area (Å²) in [5.41, 5.74) is 3.31. The Hall–Kier alpha value is -3.98. The highest BCUT2D eigenvalue weighted by atomic mass is 35.5. The maximum Gasteiger partial charge on any atom is 0.243 e. The number of sulfonamides is 1. The van der Waals surface area contributed by atoms with E-state index < -0.39 is 28.5 Å². The molecule has 1 atom stereocenters. The largest absolute Gasteiger partial charge is 0.350 e. The number of halogens is 1. The maximum atomic E-state index is 14.1. The van der Waals surface area contributed by atoms with Gasteiger partial charge in [0.15, 0.2) is 0 Å². The summed E-state index contributed by atoms with van der Waals surface area (Å²) in [4.78, 5) is 29.4. The van der Waals surface area contributed by atoms with E-state index in [-0.39, 0.29) is 32.0 Å². The molecule has 0 saturated heterocycles. The molecule has 9 heteroatoms. The topological polar surface area (TPSA) is 86.8 Å². The van der Waals surface area contributed by atoms with Crippen LogP contribution in [0.4, 0.5) is 0 Å². The van der Waals surface area contributed by atoms with Crippen molar-refractivity contribution in [2.24, 2.45) is 0 Å².